The van der Waals surface area contributed by atoms with Crippen molar-refractivity contribution in [2.45, 2.75) is 38.6 Å². The maximum absolute atomic E-state index is 4.28. The lowest BCUT2D eigenvalue weighted by atomic mass is 9.83. The van der Waals surface area contributed by atoms with Crippen LogP contribution < -0.4 is 5.32 Å². The van der Waals surface area contributed by atoms with Crippen molar-refractivity contribution in [3.05, 3.63) is 12.2 Å². The molecule has 1 aliphatic rings. The lowest BCUT2D eigenvalue weighted by Crippen LogP contribution is -2.31. The Hall–Kier alpha value is -0.900. The van der Waals surface area contributed by atoms with Crippen LogP contribution in [0.15, 0.2) is 6.33 Å². The van der Waals surface area contributed by atoms with Gasteiger partial charge >= 0.3 is 0 Å². The summed E-state index contributed by atoms with van der Waals surface area (Å²) in [5.74, 6) is 1.16. The van der Waals surface area contributed by atoms with E-state index in [0.717, 1.165) is 31.9 Å². The van der Waals surface area contributed by atoms with E-state index in [1.807, 2.05) is 6.33 Å². The van der Waals surface area contributed by atoms with Crippen molar-refractivity contribution in [3.63, 3.8) is 0 Å². The summed E-state index contributed by atoms with van der Waals surface area (Å²) in [4.78, 5) is 0. The molecule has 4 heteroatoms. The fraction of sp³-hybridized carbons (Fsp3) is 0.800. The SMILES string of the molecule is CCn1cnnc1C1(CC)CCNC1. The maximum atomic E-state index is 4.28. The zero-order valence-corrected chi connectivity index (χ0v) is 8.95. The largest absolute Gasteiger partial charge is 0.317 e. The van der Waals surface area contributed by atoms with Crippen LogP contribution >= 0.6 is 0 Å². The molecule has 0 aromatic carbocycles. The van der Waals surface area contributed by atoms with Crippen molar-refractivity contribution in [1.82, 2.24) is 20.1 Å². The number of aryl methyl sites for hydroxylation is 1. The summed E-state index contributed by atoms with van der Waals surface area (Å²) < 4.78 is 2.16. The van der Waals surface area contributed by atoms with Gasteiger partial charge in [-0.05, 0) is 26.3 Å². The van der Waals surface area contributed by atoms with Gasteiger partial charge in [-0.2, -0.15) is 0 Å². The standard InChI is InChI=1S/C10H18N4/c1-3-10(5-6-11-7-10)9-13-12-8-14(9)4-2/h8,11H,3-7H2,1-2H3. The Kier molecular flexibility index (Phi) is 2.54. The van der Waals surface area contributed by atoms with Crippen LogP contribution in [0.1, 0.15) is 32.5 Å². The zero-order valence-electron chi connectivity index (χ0n) is 8.95. The lowest BCUT2D eigenvalue weighted by molar-refractivity contribution is 0.404. The molecular weight excluding hydrogens is 176 g/mol. The Morgan fingerprint density at radius 2 is 2.43 bits per heavy atom. The Labute approximate surface area is 84.7 Å². The highest BCUT2D eigenvalue weighted by molar-refractivity contribution is 5.12. The third-order valence-corrected chi connectivity index (χ3v) is 3.35. The Bertz CT molecular complexity index is 299. The molecule has 14 heavy (non-hydrogen) atoms. The van der Waals surface area contributed by atoms with Crippen LogP contribution in [0.2, 0.25) is 0 Å². The van der Waals surface area contributed by atoms with Crippen molar-refractivity contribution in [1.29, 1.82) is 0 Å². The van der Waals surface area contributed by atoms with Crippen LogP contribution in [0, 0.1) is 0 Å². The Morgan fingerprint density at radius 1 is 1.57 bits per heavy atom. The molecule has 78 valence electrons. The molecule has 2 heterocycles. The van der Waals surface area contributed by atoms with Crippen molar-refractivity contribution in [2.24, 2.45) is 0 Å². The fourth-order valence-corrected chi connectivity index (χ4v) is 2.29. The highest BCUT2D eigenvalue weighted by Gasteiger charge is 2.37. The second-order valence-electron chi connectivity index (χ2n) is 4.00. The van der Waals surface area contributed by atoms with Crippen LogP contribution in [0.25, 0.3) is 0 Å². The van der Waals surface area contributed by atoms with Gasteiger partial charge in [0.1, 0.15) is 12.2 Å². The summed E-state index contributed by atoms with van der Waals surface area (Å²) >= 11 is 0. The number of rotatable bonds is 3. The first-order valence-electron chi connectivity index (χ1n) is 5.41. The predicted octanol–water partition coefficient (Wildman–Crippen LogP) is 0.939. The van der Waals surface area contributed by atoms with Gasteiger partial charge in [-0.3, -0.25) is 0 Å². The minimum atomic E-state index is 0.229. The molecule has 0 saturated carbocycles. The van der Waals surface area contributed by atoms with Gasteiger partial charge in [0, 0.05) is 18.5 Å². The molecule has 1 unspecified atom stereocenters. The van der Waals surface area contributed by atoms with Gasteiger partial charge in [0.05, 0.1) is 0 Å². The van der Waals surface area contributed by atoms with Crippen LogP contribution in [0.3, 0.4) is 0 Å². The number of hydrogen-bond acceptors (Lipinski definition) is 3. The predicted molar refractivity (Wildman–Crippen MR) is 55.2 cm³/mol. The van der Waals surface area contributed by atoms with E-state index in [0.29, 0.717) is 0 Å². The van der Waals surface area contributed by atoms with Crippen molar-refractivity contribution in [2.75, 3.05) is 13.1 Å². The smallest absolute Gasteiger partial charge is 0.140 e. The van der Waals surface area contributed by atoms with Gasteiger partial charge in [0.25, 0.3) is 0 Å². The minimum Gasteiger partial charge on any atom is -0.317 e. The quantitative estimate of drug-likeness (QED) is 0.778. The highest BCUT2D eigenvalue weighted by atomic mass is 15.3. The molecule has 2 rings (SSSR count). The molecule has 1 atom stereocenters. The molecule has 4 nitrogen and oxygen atoms in total. The van der Waals surface area contributed by atoms with E-state index in [1.54, 1.807) is 0 Å². The molecule has 0 bridgehead atoms. The molecule has 0 amide bonds. The fourth-order valence-electron chi connectivity index (χ4n) is 2.29. The summed E-state index contributed by atoms with van der Waals surface area (Å²) in [5, 5.41) is 11.7. The normalized spacial score (nSPS) is 27.0. The van der Waals surface area contributed by atoms with E-state index < -0.39 is 0 Å². The number of aromatic nitrogens is 3. The molecule has 1 aromatic rings. The van der Waals surface area contributed by atoms with Crippen LogP contribution in [-0.2, 0) is 12.0 Å². The molecule has 1 fully saturated rings. The Morgan fingerprint density at radius 3 is 3.00 bits per heavy atom. The Balaban J connectivity index is 2.35. The molecule has 0 radical (unpaired) electrons. The second kappa shape index (κ2) is 3.69. The van der Waals surface area contributed by atoms with E-state index in [2.05, 4.69) is 33.9 Å². The molecule has 0 aliphatic carbocycles. The third kappa shape index (κ3) is 1.34. The van der Waals surface area contributed by atoms with Crippen LogP contribution in [0.4, 0.5) is 0 Å². The summed E-state index contributed by atoms with van der Waals surface area (Å²) in [7, 11) is 0. The molecule has 1 N–H and O–H groups in total. The van der Waals surface area contributed by atoms with Gasteiger partial charge in [-0.1, -0.05) is 6.92 Å². The summed E-state index contributed by atoms with van der Waals surface area (Å²) in [6.07, 6.45) is 4.16. The van der Waals surface area contributed by atoms with Crippen LogP contribution in [-0.4, -0.2) is 27.9 Å². The molecule has 0 spiro atoms. The number of nitrogens with one attached hydrogen (secondary N) is 1. The first kappa shape index (κ1) is 9.65. The first-order valence-corrected chi connectivity index (χ1v) is 5.41. The summed E-state index contributed by atoms with van der Waals surface area (Å²) in [5.41, 5.74) is 0.229. The molecule has 1 aromatic heterocycles. The molecule has 1 saturated heterocycles. The third-order valence-electron chi connectivity index (χ3n) is 3.35. The topological polar surface area (TPSA) is 42.7 Å². The van der Waals surface area contributed by atoms with Gasteiger partial charge in [-0.15, -0.1) is 10.2 Å². The van der Waals surface area contributed by atoms with E-state index in [9.17, 15) is 0 Å². The van der Waals surface area contributed by atoms with E-state index in [-0.39, 0.29) is 5.41 Å². The highest BCUT2D eigenvalue weighted by Crippen LogP contribution is 2.32. The van der Waals surface area contributed by atoms with Crippen molar-refractivity contribution >= 4 is 0 Å². The van der Waals surface area contributed by atoms with Crippen molar-refractivity contribution in [3.8, 4) is 0 Å². The average molecular weight is 194 g/mol. The number of nitrogens with zero attached hydrogens (tertiary/aromatic N) is 3. The second-order valence-corrected chi connectivity index (χ2v) is 4.00. The molecular formula is C10H18N4. The van der Waals surface area contributed by atoms with Gasteiger partial charge in [0.15, 0.2) is 0 Å². The lowest BCUT2D eigenvalue weighted by Gasteiger charge is -2.25. The van der Waals surface area contributed by atoms with Crippen molar-refractivity contribution < 1.29 is 0 Å². The molecule has 1 aliphatic heterocycles. The zero-order chi connectivity index (χ0) is 10.0. The number of hydrogen-bond donors (Lipinski definition) is 1. The summed E-state index contributed by atoms with van der Waals surface area (Å²) in [6, 6.07) is 0. The minimum absolute atomic E-state index is 0.229. The maximum Gasteiger partial charge on any atom is 0.140 e. The van der Waals surface area contributed by atoms with E-state index in [1.165, 1.54) is 6.42 Å². The first-order chi connectivity index (χ1) is 6.82. The van der Waals surface area contributed by atoms with E-state index in [4.69, 9.17) is 0 Å². The van der Waals surface area contributed by atoms with Gasteiger partial charge < -0.3 is 9.88 Å². The van der Waals surface area contributed by atoms with Crippen LogP contribution in [0.5, 0.6) is 0 Å². The monoisotopic (exact) mass is 194 g/mol. The van der Waals surface area contributed by atoms with E-state index >= 15 is 0 Å². The average Bonchev–Trinajstić information content (AvgIpc) is 2.86. The summed E-state index contributed by atoms with van der Waals surface area (Å²) in [6.45, 7) is 7.48. The van der Waals surface area contributed by atoms with Gasteiger partial charge in [0.2, 0.25) is 0 Å². The van der Waals surface area contributed by atoms with Gasteiger partial charge in [-0.25, -0.2) is 0 Å².